The standard InChI is InChI=1S/C27H23F3N4O2/c28-27(29,30)23-18-21(33-13-15-36-16-14-33)9-10-24(23)32-26(35)20-7-4-8-22(17-20)34-25(11-12-31-34)19-5-2-1-3-6-19/h1-12,17-18H,13-16H2,(H,32,35). The van der Waals surface area contributed by atoms with E-state index in [1.54, 1.807) is 41.2 Å². The van der Waals surface area contributed by atoms with Crippen molar-refractivity contribution in [2.75, 3.05) is 36.5 Å². The molecule has 9 heteroatoms. The van der Waals surface area contributed by atoms with Gasteiger partial charge in [-0.15, -0.1) is 0 Å². The number of halogens is 3. The highest BCUT2D eigenvalue weighted by Crippen LogP contribution is 2.38. The second-order valence-electron chi connectivity index (χ2n) is 8.33. The Labute approximate surface area is 205 Å². The summed E-state index contributed by atoms with van der Waals surface area (Å²) in [5.41, 5.74) is 1.86. The van der Waals surface area contributed by atoms with Crippen molar-refractivity contribution in [3.8, 4) is 16.9 Å². The molecule has 0 aliphatic carbocycles. The van der Waals surface area contributed by atoms with Gasteiger partial charge in [0.05, 0.1) is 42.0 Å². The second kappa shape index (κ2) is 9.87. The fourth-order valence-corrected chi connectivity index (χ4v) is 4.20. The molecule has 184 valence electrons. The van der Waals surface area contributed by atoms with Gasteiger partial charge >= 0.3 is 6.18 Å². The lowest BCUT2D eigenvalue weighted by atomic mass is 10.1. The molecule has 4 aromatic rings. The van der Waals surface area contributed by atoms with Crippen molar-refractivity contribution in [3.05, 3.63) is 96.2 Å². The molecule has 0 unspecified atom stereocenters. The van der Waals surface area contributed by atoms with Crippen molar-refractivity contribution in [2.45, 2.75) is 6.18 Å². The van der Waals surface area contributed by atoms with Crippen molar-refractivity contribution in [1.82, 2.24) is 9.78 Å². The van der Waals surface area contributed by atoms with E-state index in [0.29, 0.717) is 37.7 Å². The summed E-state index contributed by atoms with van der Waals surface area (Å²) in [5, 5.41) is 6.82. The summed E-state index contributed by atoms with van der Waals surface area (Å²) in [6, 6.07) is 22.1. The van der Waals surface area contributed by atoms with Crippen LogP contribution in [0.2, 0.25) is 0 Å². The number of anilines is 2. The van der Waals surface area contributed by atoms with E-state index in [9.17, 15) is 18.0 Å². The van der Waals surface area contributed by atoms with Gasteiger partial charge in [-0.25, -0.2) is 4.68 Å². The topological polar surface area (TPSA) is 59.4 Å². The Hall–Kier alpha value is -4.11. The van der Waals surface area contributed by atoms with Crippen LogP contribution in [0.4, 0.5) is 24.5 Å². The molecule has 3 aromatic carbocycles. The number of morpholine rings is 1. The lowest BCUT2D eigenvalue weighted by Gasteiger charge is -2.29. The Balaban J connectivity index is 1.42. The largest absolute Gasteiger partial charge is 0.418 e. The van der Waals surface area contributed by atoms with Crippen LogP contribution in [0.15, 0.2) is 85.1 Å². The number of benzene rings is 3. The normalized spacial score (nSPS) is 14.0. The highest BCUT2D eigenvalue weighted by Gasteiger charge is 2.35. The molecule has 2 heterocycles. The maximum absolute atomic E-state index is 13.9. The van der Waals surface area contributed by atoms with E-state index in [1.807, 2.05) is 41.3 Å². The molecule has 36 heavy (non-hydrogen) atoms. The molecule has 1 saturated heterocycles. The van der Waals surface area contributed by atoms with Crippen LogP contribution in [-0.2, 0) is 10.9 Å². The van der Waals surface area contributed by atoms with Gasteiger partial charge in [-0.3, -0.25) is 4.79 Å². The Kier molecular flexibility index (Phi) is 6.47. The quantitative estimate of drug-likeness (QED) is 0.391. The fourth-order valence-electron chi connectivity index (χ4n) is 4.20. The van der Waals surface area contributed by atoms with Gasteiger partial charge in [0, 0.05) is 29.9 Å². The van der Waals surface area contributed by atoms with E-state index in [1.165, 1.54) is 6.07 Å². The lowest BCUT2D eigenvalue weighted by molar-refractivity contribution is -0.136. The maximum atomic E-state index is 13.9. The van der Waals surface area contributed by atoms with Crippen LogP contribution in [0.5, 0.6) is 0 Å². The zero-order chi connectivity index (χ0) is 25.1. The fraction of sp³-hybridized carbons (Fsp3) is 0.185. The summed E-state index contributed by atoms with van der Waals surface area (Å²) in [6.45, 7) is 1.93. The third kappa shape index (κ3) is 4.96. The van der Waals surface area contributed by atoms with E-state index in [0.717, 1.165) is 17.3 Å². The lowest BCUT2D eigenvalue weighted by Crippen LogP contribution is -2.36. The molecule has 1 aromatic heterocycles. The van der Waals surface area contributed by atoms with Gasteiger partial charge in [0.1, 0.15) is 0 Å². The predicted molar refractivity (Wildman–Crippen MR) is 131 cm³/mol. The monoisotopic (exact) mass is 492 g/mol. The summed E-state index contributed by atoms with van der Waals surface area (Å²) < 4.78 is 48.7. The first kappa shape index (κ1) is 23.6. The zero-order valence-electron chi connectivity index (χ0n) is 19.2. The predicted octanol–water partition coefficient (Wildman–Crippen LogP) is 5.65. The number of carbonyl (C=O) groups excluding carboxylic acids is 1. The average Bonchev–Trinajstić information content (AvgIpc) is 3.40. The van der Waals surface area contributed by atoms with Crippen LogP contribution < -0.4 is 10.2 Å². The minimum Gasteiger partial charge on any atom is -0.378 e. The van der Waals surface area contributed by atoms with Crippen LogP contribution in [0.3, 0.4) is 0 Å². The molecule has 5 rings (SSSR count). The van der Waals surface area contributed by atoms with Gasteiger partial charge in [-0.05, 0) is 42.5 Å². The maximum Gasteiger partial charge on any atom is 0.418 e. The Morgan fingerprint density at radius 3 is 2.42 bits per heavy atom. The molecular weight excluding hydrogens is 469 g/mol. The van der Waals surface area contributed by atoms with Crippen molar-refractivity contribution in [1.29, 1.82) is 0 Å². The number of hydrogen-bond donors (Lipinski definition) is 1. The SMILES string of the molecule is O=C(Nc1ccc(N2CCOCC2)cc1C(F)(F)F)c1cccc(-n2nccc2-c2ccccc2)c1. The summed E-state index contributed by atoms with van der Waals surface area (Å²) in [7, 11) is 0. The van der Waals surface area contributed by atoms with Gasteiger partial charge < -0.3 is 15.0 Å². The Bertz CT molecular complexity index is 1360. The van der Waals surface area contributed by atoms with E-state index >= 15 is 0 Å². The molecule has 0 bridgehead atoms. The van der Waals surface area contributed by atoms with Crippen LogP contribution in [-0.4, -0.2) is 42.0 Å². The number of hydrogen-bond acceptors (Lipinski definition) is 4. The zero-order valence-corrected chi connectivity index (χ0v) is 19.2. The smallest absolute Gasteiger partial charge is 0.378 e. The Morgan fingerprint density at radius 2 is 1.67 bits per heavy atom. The molecule has 0 saturated carbocycles. The van der Waals surface area contributed by atoms with Gasteiger partial charge in [0.25, 0.3) is 5.91 Å². The molecule has 1 amide bonds. The van der Waals surface area contributed by atoms with Gasteiger partial charge in [0.2, 0.25) is 0 Å². The molecule has 0 atom stereocenters. The van der Waals surface area contributed by atoms with E-state index in [2.05, 4.69) is 10.4 Å². The van der Waals surface area contributed by atoms with Gasteiger partial charge in [-0.2, -0.15) is 18.3 Å². The van der Waals surface area contributed by atoms with Crippen molar-refractivity contribution < 1.29 is 22.7 Å². The number of alkyl halides is 3. The van der Waals surface area contributed by atoms with Crippen LogP contribution >= 0.6 is 0 Å². The number of nitrogens with one attached hydrogen (secondary N) is 1. The first-order chi connectivity index (χ1) is 17.4. The molecule has 1 fully saturated rings. The Morgan fingerprint density at radius 1 is 0.889 bits per heavy atom. The van der Waals surface area contributed by atoms with Crippen LogP contribution in [0.1, 0.15) is 15.9 Å². The molecule has 0 spiro atoms. The van der Waals surface area contributed by atoms with E-state index in [-0.39, 0.29) is 11.3 Å². The molecule has 1 aliphatic heterocycles. The van der Waals surface area contributed by atoms with Gasteiger partial charge in [0.15, 0.2) is 0 Å². The van der Waals surface area contributed by atoms with Crippen molar-refractivity contribution in [2.24, 2.45) is 0 Å². The minimum absolute atomic E-state index is 0.215. The average molecular weight is 493 g/mol. The van der Waals surface area contributed by atoms with Crippen molar-refractivity contribution >= 4 is 17.3 Å². The molecule has 0 radical (unpaired) electrons. The summed E-state index contributed by atoms with van der Waals surface area (Å²) in [4.78, 5) is 14.9. The van der Waals surface area contributed by atoms with Crippen LogP contribution in [0, 0.1) is 0 Å². The minimum atomic E-state index is -4.63. The van der Waals surface area contributed by atoms with E-state index < -0.39 is 17.6 Å². The highest BCUT2D eigenvalue weighted by atomic mass is 19.4. The first-order valence-electron chi connectivity index (χ1n) is 11.5. The third-order valence-electron chi connectivity index (χ3n) is 6.00. The van der Waals surface area contributed by atoms with E-state index in [4.69, 9.17) is 4.74 Å². The van der Waals surface area contributed by atoms with Crippen LogP contribution in [0.25, 0.3) is 16.9 Å². The second-order valence-corrected chi connectivity index (χ2v) is 8.33. The summed E-state index contributed by atoms with van der Waals surface area (Å²) in [5.74, 6) is -0.644. The summed E-state index contributed by atoms with van der Waals surface area (Å²) >= 11 is 0. The third-order valence-corrected chi connectivity index (χ3v) is 6.00. The molecule has 1 aliphatic rings. The number of amides is 1. The van der Waals surface area contributed by atoms with Crippen molar-refractivity contribution in [3.63, 3.8) is 0 Å². The summed E-state index contributed by atoms with van der Waals surface area (Å²) in [6.07, 6.45) is -2.98. The molecular formula is C27H23F3N4O2. The number of ether oxygens (including phenoxy) is 1. The number of carbonyl (C=O) groups is 1. The number of nitrogens with zero attached hydrogens (tertiary/aromatic N) is 3. The van der Waals surface area contributed by atoms with Gasteiger partial charge in [-0.1, -0.05) is 36.4 Å². The molecule has 1 N–H and O–H groups in total. The highest BCUT2D eigenvalue weighted by molar-refractivity contribution is 6.05. The molecule has 6 nitrogen and oxygen atoms in total. The number of aromatic nitrogens is 2. The first-order valence-corrected chi connectivity index (χ1v) is 11.5. The number of rotatable bonds is 5.